The summed E-state index contributed by atoms with van der Waals surface area (Å²) in [6, 6.07) is 7.31. The minimum atomic E-state index is -0.277. The number of amides is 2. The molecule has 0 aliphatic rings. The van der Waals surface area contributed by atoms with Gasteiger partial charge in [0.1, 0.15) is 0 Å². The van der Waals surface area contributed by atoms with Gasteiger partial charge in [0.25, 0.3) is 0 Å². The van der Waals surface area contributed by atoms with Crippen LogP contribution in [0.15, 0.2) is 24.3 Å². The second-order valence-corrected chi connectivity index (χ2v) is 5.13. The van der Waals surface area contributed by atoms with Crippen LogP contribution >= 0.6 is 0 Å². The van der Waals surface area contributed by atoms with E-state index in [0.717, 1.165) is 5.56 Å². The van der Waals surface area contributed by atoms with Gasteiger partial charge in [-0.1, -0.05) is 19.1 Å². The molecule has 0 radical (unpaired) electrons. The molecule has 0 heterocycles. The van der Waals surface area contributed by atoms with E-state index in [4.69, 9.17) is 5.73 Å². The Morgan fingerprint density at radius 3 is 2.55 bits per heavy atom. The summed E-state index contributed by atoms with van der Waals surface area (Å²) in [5.74, 6) is -0.602. The van der Waals surface area contributed by atoms with Crippen LogP contribution in [0, 0.1) is 5.92 Å². The first-order chi connectivity index (χ1) is 9.36. The van der Waals surface area contributed by atoms with E-state index in [0.29, 0.717) is 12.2 Å². The maximum Gasteiger partial charge on any atom is 0.229 e. The van der Waals surface area contributed by atoms with Gasteiger partial charge in [0.15, 0.2) is 0 Å². The largest absolute Gasteiger partial charge is 0.399 e. The van der Waals surface area contributed by atoms with Crippen LogP contribution in [0.2, 0.25) is 0 Å². The van der Waals surface area contributed by atoms with E-state index in [9.17, 15) is 9.59 Å². The molecule has 5 heteroatoms. The summed E-state index contributed by atoms with van der Waals surface area (Å²) in [7, 11) is 3.31. The van der Waals surface area contributed by atoms with Crippen molar-refractivity contribution in [3.05, 3.63) is 29.8 Å². The number of carbonyl (C=O) groups is 2. The molecule has 0 aliphatic heterocycles. The molecule has 1 rings (SSSR count). The lowest BCUT2D eigenvalue weighted by Gasteiger charge is -2.24. The molecule has 0 saturated carbocycles. The zero-order valence-corrected chi connectivity index (χ0v) is 12.5. The van der Waals surface area contributed by atoms with Crippen molar-refractivity contribution in [2.45, 2.75) is 19.8 Å². The van der Waals surface area contributed by atoms with Crippen molar-refractivity contribution in [2.24, 2.45) is 5.92 Å². The zero-order valence-electron chi connectivity index (χ0n) is 12.5. The van der Waals surface area contributed by atoms with Crippen LogP contribution in [0.4, 0.5) is 5.69 Å². The molecule has 2 unspecified atom stereocenters. The standard InChI is InChI=1S/C15H23N3O2/c1-10(14(19)17-3)9-18(4)15(20)11(2)12-6-5-7-13(16)8-12/h5-8,10-11H,9,16H2,1-4H3,(H,17,19). The molecule has 0 bridgehead atoms. The fourth-order valence-electron chi connectivity index (χ4n) is 2.13. The first kappa shape index (κ1) is 16.0. The summed E-state index contributed by atoms with van der Waals surface area (Å²) in [6.45, 7) is 4.04. The van der Waals surface area contributed by atoms with E-state index in [1.54, 1.807) is 38.1 Å². The SMILES string of the molecule is CNC(=O)C(C)CN(C)C(=O)C(C)c1cccc(N)c1. The van der Waals surface area contributed by atoms with Crippen molar-refractivity contribution >= 4 is 17.5 Å². The molecule has 0 fully saturated rings. The fourth-order valence-corrected chi connectivity index (χ4v) is 2.13. The van der Waals surface area contributed by atoms with Crippen LogP contribution in [-0.4, -0.2) is 37.4 Å². The number of carbonyl (C=O) groups excluding carboxylic acids is 2. The molecular weight excluding hydrogens is 254 g/mol. The predicted octanol–water partition coefficient (Wildman–Crippen LogP) is 1.21. The van der Waals surface area contributed by atoms with Gasteiger partial charge in [-0.15, -0.1) is 0 Å². The molecule has 20 heavy (non-hydrogen) atoms. The minimum Gasteiger partial charge on any atom is -0.399 e. The van der Waals surface area contributed by atoms with Gasteiger partial charge in [0, 0.05) is 26.3 Å². The maximum absolute atomic E-state index is 12.4. The first-order valence-electron chi connectivity index (χ1n) is 6.68. The highest BCUT2D eigenvalue weighted by atomic mass is 16.2. The number of benzene rings is 1. The van der Waals surface area contributed by atoms with Crippen LogP contribution in [0.3, 0.4) is 0 Å². The third-order valence-corrected chi connectivity index (χ3v) is 3.40. The van der Waals surface area contributed by atoms with Crippen LogP contribution in [0.1, 0.15) is 25.3 Å². The van der Waals surface area contributed by atoms with Crippen LogP contribution in [0.25, 0.3) is 0 Å². The Bertz CT molecular complexity index is 488. The monoisotopic (exact) mass is 277 g/mol. The van der Waals surface area contributed by atoms with Gasteiger partial charge in [-0.3, -0.25) is 9.59 Å². The van der Waals surface area contributed by atoms with Crippen molar-refractivity contribution < 1.29 is 9.59 Å². The van der Waals surface area contributed by atoms with E-state index in [1.807, 2.05) is 19.1 Å². The van der Waals surface area contributed by atoms with Crippen molar-refractivity contribution in [2.75, 3.05) is 26.4 Å². The molecule has 1 aromatic rings. The molecule has 5 nitrogen and oxygen atoms in total. The molecule has 110 valence electrons. The summed E-state index contributed by atoms with van der Waals surface area (Å²) in [5.41, 5.74) is 7.26. The smallest absolute Gasteiger partial charge is 0.229 e. The van der Waals surface area contributed by atoms with E-state index in [-0.39, 0.29) is 23.7 Å². The van der Waals surface area contributed by atoms with Crippen molar-refractivity contribution in [3.63, 3.8) is 0 Å². The van der Waals surface area contributed by atoms with E-state index < -0.39 is 0 Å². The summed E-state index contributed by atoms with van der Waals surface area (Å²) in [4.78, 5) is 25.4. The highest BCUT2D eigenvalue weighted by molar-refractivity contribution is 5.84. The van der Waals surface area contributed by atoms with Crippen LogP contribution in [-0.2, 0) is 9.59 Å². The Balaban J connectivity index is 2.71. The summed E-state index contributed by atoms with van der Waals surface area (Å²) in [6.07, 6.45) is 0. The number of nitrogens with two attached hydrogens (primary N) is 1. The first-order valence-corrected chi connectivity index (χ1v) is 6.68. The molecule has 0 saturated heterocycles. The number of nitrogen functional groups attached to an aromatic ring is 1. The highest BCUT2D eigenvalue weighted by Crippen LogP contribution is 2.20. The van der Waals surface area contributed by atoms with Gasteiger partial charge in [-0.25, -0.2) is 0 Å². The van der Waals surface area contributed by atoms with E-state index >= 15 is 0 Å². The van der Waals surface area contributed by atoms with Gasteiger partial charge in [0.05, 0.1) is 11.8 Å². The van der Waals surface area contributed by atoms with Gasteiger partial charge in [0.2, 0.25) is 11.8 Å². The topological polar surface area (TPSA) is 75.4 Å². The number of nitrogens with zero attached hydrogens (tertiary/aromatic N) is 1. The average Bonchev–Trinajstić information content (AvgIpc) is 2.44. The Morgan fingerprint density at radius 2 is 2.00 bits per heavy atom. The molecule has 2 atom stereocenters. The zero-order chi connectivity index (χ0) is 15.3. The number of hydrogen-bond acceptors (Lipinski definition) is 3. The van der Waals surface area contributed by atoms with Gasteiger partial charge in [-0.05, 0) is 24.6 Å². The second-order valence-electron chi connectivity index (χ2n) is 5.13. The van der Waals surface area contributed by atoms with E-state index in [1.165, 1.54) is 0 Å². The van der Waals surface area contributed by atoms with Gasteiger partial charge < -0.3 is 16.0 Å². The third kappa shape index (κ3) is 3.98. The fraction of sp³-hybridized carbons (Fsp3) is 0.467. The number of rotatable bonds is 5. The number of anilines is 1. The Kier molecular flexibility index (Phi) is 5.55. The third-order valence-electron chi connectivity index (χ3n) is 3.40. The minimum absolute atomic E-state index is 0.0219. The highest BCUT2D eigenvalue weighted by Gasteiger charge is 2.22. The molecular formula is C15H23N3O2. The Hall–Kier alpha value is -2.04. The average molecular weight is 277 g/mol. The number of likely N-dealkylation sites (N-methyl/N-ethyl adjacent to an activating group) is 1. The summed E-state index contributed by atoms with van der Waals surface area (Å²) < 4.78 is 0. The van der Waals surface area contributed by atoms with E-state index in [2.05, 4.69) is 5.32 Å². The molecule has 1 aromatic carbocycles. The summed E-state index contributed by atoms with van der Waals surface area (Å²) in [5, 5.41) is 2.58. The Labute approximate surface area is 120 Å². The maximum atomic E-state index is 12.4. The number of hydrogen-bond donors (Lipinski definition) is 2. The molecule has 2 amide bonds. The lowest BCUT2D eigenvalue weighted by Crippen LogP contribution is -2.39. The number of nitrogens with one attached hydrogen (secondary N) is 1. The molecule has 0 aromatic heterocycles. The predicted molar refractivity (Wildman–Crippen MR) is 80.1 cm³/mol. The van der Waals surface area contributed by atoms with Crippen LogP contribution < -0.4 is 11.1 Å². The van der Waals surface area contributed by atoms with Crippen molar-refractivity contribution in [3.8, 4) is 0 Å². The lowest BCUT2D eigenvalue weighted by atomic mass is 9.99. The van der Waals surface area contributed by atoms with Crippen LogP contribution in [0.5, 0.6) is 0 Å². The second kappa shape index (κ2) is 6.93. The summed E-state index contributed by atoms with van der Waals surface area (Å²) >= 11 is 0. The van der Waals surface area contributed by atoms with Crippen molar-refractivity contribution in [1.82, 2.24) is 10.2 Å². The molecule has 0 spiro atoms. The molecule has 3 N–H and O–H groups in total. The normalized spacial score (nSPS) is 13.4. The lowest BCUT2D eigenvalue weighted by molar-refractivity contribution is -0.133. The molecule has 0 aliphatic carbocycles. The van der Waals surface area contributed by atoms with Gasteiger partial charge >= 0.3 is 0 Å². The Morgan fingerprint density at radius 1 is 1.35 bits per heavy atom. The van der Waals surface area contributed by atoms with Crippen molar-refractivity contribution in [1.29, 1.82) is 0 Å². The quantitative estimate of drug-likeness (QED) is 0.794. The van der Waals surface area contributed by atoms with Gasteiger partial charge in [-0.2, -0.15) is 0 Å².